The van der Waals surface area contributed by atoms with Crippen molar-refractivity contribution in [2.45, 2.75) is 0 Å². The third kappa shape index (κ3) is 9.92. The van der Waals surface area contributed by atoms with Gasteiger partial charge in [0, 0.05) is 33.3 Å². The highest BCUT2D eigenvalue weighted by molar-refractivity contribution is 6.28. The lowest BCUT2D eigenvalue weighted by Gasteiger charge is -2.31. The Kier molecular flexibility index (Phi) is 14.3. The van der Waals surface area contributed by atoms with Gasteiger partial charge in [-0.15, -0.1) is 0 Å². The lowest BCUT2D eigenvalue weighted by Crippen LogP contribution is -2.14. The fourth-order valence-corrected chi connectivity index (χ4v) is 13.8. The Morgan fingerprint density at radius 3 is 0.750 bits per heavy atom. The second kappa shape index (κ2) is 23.8. The molecule has 0 radical (unpaired) electrons. The maximum atomic E-state index is 19.1. The van der Waals surface area contributed by atoms with Crippen LogP contribution in [0.1, 0.15) is 0 Å². The smallest absolute Gasteiger partial charge is 0.155 e. The van der Waals surface area contributed by atoms with E-state index in [9.17, 15) is 0 Å². The third-order valence-corrected chi connectivity index (χ3v) is 18.0. The van der Waals surface area contributed by atoms with E-state index in [-0.39, 0.29) is 11.6 Å². The van der Waals surface area contributed by atoms with Crippen LogP contribution in [0, 0.1) is 11.6 Å². The van der Waals surface area contributed by atoms with Crippen LogP contribution < -0.4 is 9.80 Å². The van der Waals surface area contributed by atoms with Crippen molar-refractivity contribution >= 4 is 66.4 Å². The topological polar surface area (TPSA) is 6.48 Å². The molecule has 0 aliphatic carbocycles. The molecule has 16 aromatic carbocycles. The van der Waals surface area contributed by atoms with Crippen molar-refractivity contribution < 1.29 is 8.78 Å². The number of hydrogen-bond acceptors (Lipinski definition) is 2. The molecule has 0 unspecified atom stereocenters. The predicted octanol–water partition coefficient (Wildman–Crippen LogP) is 25.1. The third-order valence-electron chi connectivity index (χ3n) is 18.0. The molecule has 4 heteroatoms. The van der Waals surface area contributed by atoms with Gasteiger partial charge in [0.25, 0.3) is 0 Å². The van der Waals surface area contributed by atoms with Gasteiger partial charge in [-0.25, -0.2) is 8.78 Å². The summed E-state index contributed by atoms with van der Waals surface area (Å²) in [6.45, 7) is 0. The minimum Gasteiger partial charge on any atom is -0.307 e. The lowest BCUT2D eigenvalue weighted by molar-refractivity contribution is 0.632. The first-order valence-corrected chi connectivity index (χ1v) is 31.2. The molecule has 0 saturated carbocycles. The molecule has 0 bridgehead atoms. The Morgan fingerprint density at radius 2 is 0.435 bits per heavy atom. The van der Waals surface area contributed by atoms with Crippen molar-refractivity contribution in [3.8, 4) is 89.0 Å². The summed E-state index contributed by atoms with van der Waals surface area (Å²) in [5.41, 5.74) is 18.3. The van der Waals surface area contributed by atoms with E-state index in [0.717, 1.165) is 133 Å². The highest BCUT2D eigenvalue weighted by atomic mass is 19.1. The largest absolute Gasteiger partial charge is 0.307 e. The second-order valence-electron chi connectivity index (χ2n) is 23.3. The van der Waals surface area contributed by atoms with E-state index < -0.39 is 0 Å². The van der Waals surface area contributed by atoms with Gasteiger partial charge in [0.2, 0.25) is 0 Å². The molecule has 0 heterocycles. The summed E-state index contributed by atoms with van der Waals surface area (Å²) in [7, 11) is 0. The Balaban J connectivity index is 0.943. The fraction of sp³-hybridized carbons (Fsp3) is 0. The molecule has 92 heavy (non-hydrogen) atoms. The number of rotatable bonds is 14. The Labute approximate surface area is 534 Å². The van der Waals surface area contributed by atoms with Gasteiger partial charge in [-0.2, -0.15) is 0 Å². The summed E-state index contributed by atoms with van der Waals surface area (Å²) >= 11 is 0. The Hall–Kier alpha value is -12.0. The van der Waals surface area contributed by atoms with Crippen LogP contribution in [0.3, 0.4) is 0 Å². The van der Waals surface area contributed by atoms with Gasteiger partial charge in [-0.1, -0.05) is 291 Å². The van der Waals surface area contributed by atoms with Crippen molar-refractivity contribution in [1.29, 1.82) is 0 Å². The van der Waals surface area contributed by atoms with Gasteiger partial charge >= 0.3 is 0 Å². The van der Waals surface area contributed by atoms with Gasteiger partial charge in [-0.3, -0.25) is 0 Å². The maximum absolute atomic E-state index is 19.1. The highest BCUT2D eigenvalue weighted by Gasteiger charge is 2.29. The number of hydrogen-bond donors (Lipinski definition) is 0. The monoisotopic (exact) mass is 1180 g/mol. The molecule has 0 aliphatic rings. The van der Waals surface area contributed by atoms with E-state index in [1.807, 2.05) is 146 Å². The van der Waals surface area contributed by atoms with Crippen LogP contribution >= 0.6 is 0 Å². The number of halogens is 2. The van der Waals surface area contributed by atoms with Crippen LogP contribution in [0.2, 0.25) is 0 Å². The number of anilines is 6. The molecule has 0 aromatic heterocycles. The first-order chi connectivity index (χ1) is 45.5. The Morgan fingerprint density at radius 1 is 0.185 bits per heavy atom. The van der Waals surface area contributed by atoms with Gasteiger partial charge < -0.3 is 9.80 Å². The average Bonchev–Trinajstić information content (AvgIpc) is 0.731. The van der Waals surface area contributed by atoms with Crippen molar-refractivity contribution in [3.05, 3.63) is 363 Å². The van der Waals surface area contributed by atoms with Crippen LogP contribution in [-0.4, -0.2) is 0 Å². The lowest BCUT2D eigenvalue weighted by atomic mass is 9.88. The molecule has 2 nitrogen and oxygen atoms in total. The molecule has 0 aliphatic heterocycles. The van der Waals surface area contributed by atoms with Crippen LogP contribution in [0.25, 0.3) is 121 Å². The zero-order valence-electron chi connectivity index (χ0n) is 50.1. The predicted molar refractivity (Wildman–Crippen MR) is 383 cm³/mol. The van der Waals surface area contributed by atoms with Crippen molar-refractivity contribution in [2.24, 2.45) is 0 Å². The molecule has 16 aromatic rings. The summed E-state index contributed by atoms with van der Waals surface area (Å²) in [4.78, 5) is 4.20. The standard InChI is InChI=1S/C88H58F2N2/c89-87-79(75-45-25-23-41-71(75)61-31-11-3-12-32-61)55-65(73-43-21-19-39-69(73)59-27-7-1-8-28-59)57-83(87)91(67-35-15-5-16-36-67)81-53-49-63-48-52-78-82(54-50-64-47-51-77(81)85(63)86(64)78)92(68-37-17-6-18-38-68)84-58-66(74-44-22-20-40-70(74)60-29-9-2-10-30-60)56-80(88(84)90)76-46-26-24-42-72(76)62-33-13-4-14-34-62/h1-58H. The molecule has 16 rings (SSSR count). The molecule has 0 atom stereocenters. The second-order valence-corrected chi connectivity index (χ2v) is 23.3. The van der Waals surface area contributed by atoms with Crippen molar-refractivity contribution in [2.75, 3.05) is 9.80 Å². The van der Waals surface area contributed by atoms with Gasteiger partial charge in [0.1, 0.15) is 0 Å². The molecule has 0 fully saturated rings. The highest BCUT2D eigenvalue weighted by Crippen LogP contribution is 2.52. The van der Waals surface area contributed by atoms with Gasteiger partial charge in [-0.05, 0) is 160 Å². The molecular weight excluding hydrogens is 1120 g/mol. The summed E-state index contributed by atoms with van der Waals surface area (Å²) in [5.74, 6) is -0.711. The average molecular weight is 1180 g/mol. The minimum absolute atomic E-state index is 0.355. The zero-order valence-corrected chi connectivity index (χ0v) is 50.1. The van der Waals surface area contributed by atoms with Crippen LogP contribution in [-0.2, 0) is 0 Å². The van der Waals surface area contributed by atoms with E-state index in [1.54, 1.807) is 0 Å². The van der Waals surface area contributed by atoms with E-state index in [2.05, 4.69) is 216 Å². The summed E-state index contributed by atoms with van der Waals surface area (Å²) < 4.78 is 38.2. The Bertz CT molecular complexity index is 5010. The maximum Gasteiger partial charge on any atom is 0.155 e. The van der Waals surface area contributed by atoms with Crippen molar-refractivity contribution in [1.82, 2.24) is 0 Å². The number of nitrogens with zero attached hydrogens (tertiary/aromatic N) is 2. The van der Waals surface area contributed by atoms with Gasteiger partial charge in [0.05, 0.1) is 22.7 Å². The van der Waals surface area contributed by atoms with Crippen LogP contribution in [0.15, 0.2) is 352 Å². The van der Waals surface area contributed by atoms with E-state index in [4.69, 9.17) is 0 Å². The van der Waals surface area contributed by atoms with Crippen LogP contribution in [0.5, 0.6) is 0 Å². The minimum atomic E-state index is -0.355. The van der Waals surface area contributed by atoms with Gasteiger partial charge in [0.15, 0.2) is 11.6 Å². The molecular formula is C88H58F2N2. The summed E-state index contributed by atoms with van der Waals surface area (Å²) in [5, 5.41) is 5.92. The molecule has 434 valence electrons. The first kappa shape index (κ1) is 55.3. The molecule has 0 N–H and O–H groups in total. The van der Waals surface area contributed by atoms with Crippen LogP contribution in [0.4, 0.5) is 42.9 Å². The normalized spacial score (nSPS) is 11.4. The SMILES string of the molecule is Fc1c(-c2ccccc2-c2ccccc2)cc(-c2ccccc2-c2ccccc2)cc1N(c1ccccc1)c1ccc2ccc3c(N(c4ccccc4)c4cc(-c5ccccc5-c5ccccc5)cc(-c5ccccc5-c5ccccc5)c4F)ccc4ccc1c2c43. The van der Waals surface area contributed by atoms with E-state index >= 15 is 8.78 Å². The quantitative estimate of drug-likeness (QED) is 0.100. The zero-order chi connectivity index (χ0) is 61.5. The molecule has 0 saturated heterocycles. The fourth-order valence-electron chi connectivity index (χ4n) is 13.8. The summed E-state index contributed by atoms with van der Waals surface area (Å²) in [6.07, 6.45) is 0. The molecule has 0 spiro atoms. The van der Waals surface area contributed by atoms with Crippen molar-refractivity contribution in [3.63, 3.8) is 0 Å². The number of benzene rings is 16. The molecule has 0 amide bonds. The van der Waals surface area contributed by atoms with E-state index in [1.165, 1.54) is 0 Å². The first-order valence-electron chi connectivity index (χ1n) is 31.2. The number of para-hydroxylation sites is 2. The summed E-state index contributed by atoms with van der Waals surface area (Å²) in [6, 6.07) is 120. The van der Waals surface area contributed by atoms with E-state index in [0.29, 0.717) is 22.5 Å².